The normalized spacial score (nSPS) is 19.3. The second kappa shape index (κ2) is 4.00. The zero-order valence-corrected chi connectivity index (χ0v) is 8.76. The van der Waals surface area contributed by atoms with Gasteiger partial charge < -0.3 is 9.67 Å². The number of rotatable bonds is 3. The largest absolute Gasteiger partial charge is 0.480 e. The quantitative estimate of drug-likeness (QED) is 0.820. The first-order valence-electron chi connectivity index (χ1n) is 5.32. The van der Waals surface area contributed by atoms with Crippen LogP contribution >= 0.6 is 0 Å². The number of hydrogen-bond donors (Lipinski definition) is 1. The maximum Gasteiger partial charge on any atom is 0.326 e. The van der Waals surface area contributed by atoms with Crippen molar-refractivity contribution in [1.29, 1.82) is 0 Å². The Morgan fingerprint density at radius 1 is 1.60 bits per heavy atom. The third-order valence-corrected chi connectivity index (χ3v) is 3.10. The van der Waals surface area contributed by atoms with Gasteiger partial charge in [0.2, 0.25) is 0 Å². The highest BCUT2D eigenvalue weighted by molar-refractivity contribution is 5.71. The summed E-state index contributed by atoms with van der Waals surface area (Å²) in [6.07, 6.45) is 6.14. The third kappa shape index (κ3) is 1.86. The number of aliphatic carboxylic acids is 1. The molecule has 1 aliphatic rings. The average molecular weight is 209 g/mol. The second-order valence-electron chi connectivity index (χ2n) is 4.09. The van der Waals surface area contributed by atoms with Crippen molar-refractivity contribution < 1.29 is 9.90 Å². The molecule has 1 fully saturated rings. The van der Waals surface area contributed by atoms with Crippen LogP contribution in [-0.4, -0.2) is 25.8 Å². The number of hydrogen-bond acceptors (Lipinski definition) is 3. The summed E-state index contributed by atoms with van der Waals surface area (Å²) in [5.41, 5.74) is 0. The van der Waals surface area contributed by atoms with Gasteiger partial charge in [-0.2, -0.15) is 0 Å². The highest BCUT2D eigenvalue weighted by Crippen LogP contribution is 2.33. The molecular formula is C10H15N3O2. The number of aromatic nitrogens is 3. The molecule has 0 saturated heterocycles. The van der Waals surface area contributed by atoms with Crippen molar-refractivity contribution in [3.63, 3.8) is 0 Å². The van der Waals surface area contributed by atoms with Crippen molar-refractivity contribution in [2.24, 2.45) is 0 Å². The molecule has 0 spiro atoms. The van der Waals surface area contributed by atoms with E-state index in [-0.39, 0.29) is 0 Å². The molecule has 0 aliphatic heterocycles. The van der Waals surface area contributed by atoms with E-state index >= 15 is 0 Å². The SMILES string of the molecule is CC(C(=O)O)n1cnnc1C1CCCC1. The summed E-state index contributed by atoms with van der Waals surface area (Å²) in [6.45, 7) is 1.66. The lowest BCUT2D eigenvalue weighted by atomic mass is 10.1. The molecule has 0 amide bonds. The predicted molar refractivity (Wildman–Crippen MR) is 53.6 cm³/mol. The van der Waals surface area contributed by atoms with Gasteiger partial charge in [-0.25, -0.2) is 4.79 Å². The van der Waals surface area contributed by atoms with E-state index in [1.807, 2.05) is 0 Å². The van der Waals surface area contributed by atoms with Gasteiger partial charge in [0.1, 0.15) is 18.2 Å². The maximum absolute atomic E-state index is 10.9. The van der Waals surface area contributed by atoms with Gasteiger partial charge in [0.15, 0.2) is 0 Å². The molecule has 2 rings (SSSR count). The Labute approximate surface area is 88.1 Å². The Morgan fingerprint density at radius 3 is 2.87 bits per heavy atom. The Morgan fingerprint density at radius 2 is 2.27 bits per heavy atom. The minimum absolute atomic E-state index is 0.397. The lowest BCUT2D eigenvalue weighted by molar-refractivity contribution is -0.140. The zero-order valence-electron chi connectivity index (χ0n) is 8.76. The van der Waals surface area contributed by atoms with Crippen LogP contribution < -0.4 is 0 Å². The summed E-state index contributed by atoms with van der Waals surface area (Å²) in [6, 6.07) is -0.574. The molecule has 5 nitrogen and oxygen atoms in total. The minimum atomic E-state index is -0.839. The summed E-state index contributed by atoms with van der Waals surface area (Å²) in [5.74, 6) is 0.394. The van der Waals surface area contributed by atoms with Gasteiger partial charge in [0.05, 0.1) is 0 Å². The Bertz CT molecular complexity index is 355. The van der Waals surface area contributed by atoms with Crippen LogP contribution in [0.4, 0.5) is 0 Å². The van der Waals surface area contributed by atoms with Gasteiger partial charge in [-0.1, -0.05) is 12.8 Å². The van der Waals surface area contributed by atoms with E-state index in [2.05, 4.69) is 10.2 Å². The first kappa shape index (κ1) is 10.1. The number of carboxylic acids is 1. The lowest BCUT2D eigenvalue weighted by Gasteiger charge is -2.14. The van der Waals surface area contributed by atoms with Gasteiger partial charge in [-0.05, 0) is 19.8 Å². The lowest BCUT2D eigenvalue weighted by Crippen LogP contribution is -2.18. The smallest absolute Gasteiger partial charge is 0.326 e. The zero-order chi connectivity index (χ0) is 10.8. The van der Waals surface area contributed by atoms with Crippen LogP contribution in [0.3, 0.4) is 0 Å². The maximum atomic E-state index is 10.9. The fourth-order valence-corrected chi connectivity index (χ4v) is 2.15. The Hall–Kier alpha value is -1.39. The molecule has 0 bridgehead atoms. The Kier molecular flexibility index (Phi) is 2.70. The number of carboxylic acid groups (broad SMARTS) is 1. The average Bonchev–Trinajstić information content (AvgIpc) is 2.86. The van der Waals surface area contributed by atoms with E-state index in [0.29, 0.717) is 5.92 Å². The van der Waals surface area contributed by atoms with E-state index in [1.54, 1.807) is 11.5 Å². The molecule has 1 aromatic heterocycles. The van der Waals surface area contributed by atoms with Crippen LogP contribution in [0.2, 0.25) is 0 Å². The van der Waals surface area contributed by atoms with E-state index in [4.69, 9.17) is 5.11 Å². The molecule has 1 unspecified atom stereocenters. The molecule has 1 aromatic rings. The highest BCUT2D eigenvalue weighted by Gasteiger charge is 2.25. The molecule has 15 heavy (non-hydrogen) atoms. The van der Waals surface area contributed by atoms with Crippen molar-refractivity contribution in [1.82, 2.24) is 14.8 Å². The van der Waals surface area contributed by atoms with Crippen LogP contribution in [0.25, 0.3) is 0 Å². The van der Waals surface area contributed by atoms with Crippen molar-refractivity contribution in [2.75, 3.05) is 0 Å². The van der Waals surface area contributed by atoms with Crippen molar-refractivity contribution in [3.05, 3.63) is 12.2 Å². The molecule has 1 heterocycles. The van der Waals surface area contributed by atoms with Gasteiger partial charge >= 0.3 is 5.97 Å². The molecule has 0 aromatic carbocycles. The van der Waals surface area contributed by atoms with Gasteiger partial charge in [-0.3, -0.25) is 0 Å². The fraction of sp³-hybridized carbons (Fsp3) is 0.700. The first-order chi connectivity index (χ1) is 7.20. The van der Waals surface area contributed by atoms with Gasteiger partial charge in [0.25, 0.3) is 0 Å². The molecular weight excluding hydrogens is 194 g/mol. The molecule has 0 radical (unpaired) electrons. The van der Waals surface area contributed by atoms with Crippen molar-refractivity contribution in [2.45, 2.75) is 44.6 Å². The molecule has 1 aliphatic carbocycles. The van der Waals surface area contributed by atoms with E-state index in [0.717, 1.165) is 18.7 Å². The molecule has 5 heteroatoms. The van der Waals surface area contributed by atoms with Gasteiger partial charge in [0, 0.05) is 5.92 Å². The topological polar surface area (TPSA) is 68.0 Å². The van der Waals surface area contributed by atoms with Crippen LogP contribution in [0.15, 0.2) is 6.33 Å². The number of carbonyl (C=O) groups is 1. The van der Waals surface area contributed by atoms with E-state index in [1.165, 1.54) is 19.2 Å². The summed E-state index contributed by atoms with van der Waals surface area (Å²) >= 11 is 0. The molecule has 1 saturated carbocycles. The summed E-state index contributed by atoms with van der Waals surface area (Å²) in [5, 5.41) is 16.8. The molecule has 1 N–H and O–H groups in total. The summed E-state index contributed by atoms with van der Waals surface area (Å²) < 4.78 is 1.68. The van der Waals surface area contributed by atoms with Crippen LogP contribution in [0.1, 0.15) is 50.4 Å². The standard InChI is InChI=1S/C10H15N3O2/c1-7(10(14)15)13-6-11-12-9(13)8-4-2-3-5-8/h6-8H,2-5H2,1H3,(H,14,15). The third-order valence-electron chi connectivity index (χ3n) is 3.10. The first-order valence-corrected chi connectivity index (χ1v) is 5.32. The highest BCUT2D eigenvalue weighted by atomic mass is 16.4. The van der Waals surface area contributed by atoms with Crippen LogP contribution in [0, 0.1) is 0 Å². The van der Waals surface area contributed by atoms with Crippen molar-refractivity contribution >= 4 is 5.97 Å². The molecule has 1 atom stereocenters. The second-order valence-corrected chi connectivity index (χ2v) is 4.09. The molecule has 82 valence electrons. The van der Waals surface area contributed by atoms with Crippen LogP contribution in [0.5, 0.6) is 0 Å². The summed E-state index contributed by atoms with van der Waals surface area (Å²) in [4.78, 5) is 10.9. The number of nitrogens with zero attached hydrogens (tertiary/aromatic N) is 3. The Balaban J connectivity index is 2.24. The van der Waals surface area contributed by atoms with Crippen LogP contribution in [-0.2, 0) is 4.79 Å². The fourth-order valence-electron chi connectivity index (χ4n) is 2.15. The van der Waals surface area contributed by atoms with E-state index < -0.39 is 12.0 Å². The van der Waals surface area contributed by atoms with Crippen molar-refractivity contribution in [3.8, 4) is 0 Å². The monoisotopic (exact) mass is 209 g/mol. The van der Waals surface area contributed by atoms with E-state index in [9.17, 15) is 4.79 Å². The van der Waals surface area contributed by atoms with Gasteiger partial charge in [-0.15, -0.1) is 10.2 Å². The summed E-state index contributed by atoms with van der Waals surface area (Å²) in [7, 11) is 0. The predicted octanol–water partition coefficient (Wildman–Crippen LogP) is 1.58. The minimum Gasteiger partial charge on any atom is -0.480 e.